The molecule has 15 heteroatoms. The van der Waals surface area contributed by atoms with E-state index in [2.05, 4.69) is 20.3 Å². The summed E-state index contributed by atoms with van der Waals surface area (Å²) in [5, 5.41) is 4.61. The summed E-state index contributed by atoms with van der Waals surface area (Å²) in [6.45, 7) is 6.38. The third kappa shape index (κ3) is 6.04. The number of nitrogens with one attached hydrogen (secondary N) is 2. The topological polar surface area (TPSA) is 131 Å². The van der Waals surface area contributed by atoms with Crippen LogP contribution in [-0.2, 0) is 9.47 Å². The average molecular weight is 566 g/mol. The molecule has 0 aromatic carbocycles. The molecule has 2 N–H and O–H groups in total. The maximum absolute atomic E-state index is 13.4. The van der Waals surface area contributed by atoms with E-state index in [1.165, 1.54) is 23.4 Å². The minimum Gasteiger partial charge on any atom is -0.474 e. The van der Waals surface area contributed by atoms with Gasteiger partial charge in [-0.25, -0.2) is 19.7 Å². The summed E-state index contributed by atoms with van der Waals surface area (Å²) in [6, 6.07) is 0.0919. The van der Waals surface area contributed by atoms with E-state index in [9.17, 15) is 22.8 Å². The Kier molecular flexibility index (Phi) is 7.44. The fourth-order valence-electron chi connectivity index (χ4n) is 4.81. The van der Waals surface area contributed by atoms with Crippen molar-refractivity contribution in [2.24, 2.45) is 0 Å². The smallest absolute Gasteiger partial charge is 0.408 e. The summed E-state index contributed by atoms with van der Waals surface area (Å²) in [7, 11) is 0. The lowest BCUT2D eigenvalue weighted by Gasteiger charge is -2.45. The van der Waals surface area contributed by atoms with Gasteiger partial charge >= 0.3 is 12.2 Å². The molecule has 2 fully saturated rings. The van der Waals surface area contributed by atoms with E-state index < -0.39 is 29.9 Å². The van der Waals surface area contributed by atoms with E-state index >= 15 is 0 Å². The highest BCUT2D eigenvalue weighted by molar-refractivity contribution is 6.04. The Labute approximate surface area is 228 Å². The zero-order valence-corrected chi connectivity index (χ0v) is 22.2. The van der Waals surface area contributed by atoms with Crippen LogP contribution in [0.4, 0.5) is 35.3 Å². The number of pyridine rings is 1. The fraction of sp³-hybridized carbons (Fsp3) is 0.560. The van der Waals surface area contributed by atoms with Gasteiger partial charge in [-0.2, -0.15) is 13.2 Å². The van der Waals surface area contributed by atoms with Gasteiger partial charge in [-0.15, -0.1) is 0 Å². The zero-order chi connectivity index (χ0) is 28.7. The number of alkyl halides is 3. The Morgan fingerprint density at radius 2 is 2.05 bits per heavy atom. The molecule has 3 amide bonds. The number of nitrogens with zero attached hydrogens (tertiary/aromatic N) is 5. The van der Waals surface area contributed by atoms with Crippen molar-refractivity contribution >= 4 is 29.3 Å². The number of hydrogen-bond donors (Lipinski definition) is 2. The molecule has 40 heavy (non-hydrogen) atoms. The van der Waals surface area contributed by atoms with Crippen LogP contribution in [0, 0.1) is 0 Å². The zero-order valence-electron chi connectivity index (χ0n) is 22.2. The van der Waals surface area contributed by atoms with Crippen LogP contribution in [0.5, 0.6) is 5.88 Å². The van der Waals surface area contributed by atoms with Gasteiger partial charge in [-0.3, -0.25) is 15.0 Å². The minimum absolute atomic E-state index is 0.159. The Morgan fingerprint density at radius 3 is 2.73 bits per heavy atom. The molecule has 0 radical (unpaired) electrons. The number of ether oxygens (including phenoxy) is 3. The molecule has 0 unspecified atom stereocenters. The quantitative estimate of drug-likeness (QED) is 0.543. The van der Waals surface area contributed by atoms with Gasteiger partial charge in [-0.05, 0) is 45.7 Å². The largest absolute Gasteiger partial charge is 0.474 e. The molecular formula is C25H30F3N7O5. The van der Waals surface area contributed by atoms with Crippen molar-refractivity contribution in [1.82, 2.24) is 20.3 Å². The lowest BCUT2D eigenvalue weighted by molar-refractivity contribution is -0.149. The van der Waals surface area contributed by atoms with Crippen molar-refractivity contribution in [2.45, 2.75) is 63.8 Å². The lowest BCUT2D eigenvalue weighted by Crippen LogP contribution is -2.56. The summed E-state index contributed by atoms with van der Waals surface area (Å²) < 4.78 is 55.7. The number of carbonyl (C=O) groups is 2. The molecule has 3 aliphatic rings. The summed E-state index contributed by atoms with van der Waals surface area (Å²) in [5.41, 5.74) is 0.387. The van der Waals surface area contributed by atoms with E-state index in [4.69, 9.17) is 14.2 Å². The van der Waals surface area contributed by atoms with Crippen LogP contribution in [-0.4, -0.2) is 83.3 Å². The summed E-state index contributed by atoms with van der Waals surface area (Å²) in [4.78, 5) is 42.2. The first-order valence-electron chi connectivity index (χ1n) is 12.9. The second kappa shape index (κ2) is 10.7. The fourth-order valence-corrected chi connectivity index (χ4v) is 4.81. The third-order valence-corrected chi connectivity index (χ3v) is 6.82. The molecule has 3 atom stereocenters. The van der Waals surface area contributed by atoms with E-state index in [-0.39, 0.29) is 42.0 Å². The number of halogens is 3. The molecule has 2 bridgehead atoms. The van der Waals surface area contributed by atoms with Crippen LogP contribution >= 0.6 is 0 Å². The van der Waals surface area contributed by atoms with Gasteiger partial charge in [0.05, 0.1) is 30.7 Å². The maximum atomic E-state index is 13.4. The van der Waals surface area contributed by atoms with Gasteiger partial charge in [0, 0.05) is 13.1 Å². The van der Waals surface area contributed by atoms with Gasteiger partial charge in [0.1, 0.15) is 24.4 Å². The highest BCUT2D eigenvalue weighted by atomic mass is 19.4. The molecule has 2 aromatic heterocycles. The molecule has 5 rings (SSSR count). The van der Waals surface area contributed by atoms with Crippen molar-refractivity contribution in [2.75, 3.05) is 41.4 Å². The number of anilines is 3. The highest BCUT2D eigenvalue weighted by Gasteiger charge is 2.40. The van der Waals surface area contributed by atoms with Crippen LogP contribution in [0.3, 0.4) is 0 Å². The van der Waals surface area contributed by atoms with Crippen LogP contribution in [0.1, 0.15) is 44.1 Å². The molecule has 3 aliphatic heterocycles. The lowest BCUT2D eigenvalue weighted by atomic mass is 10.00. The normalized spacial score (nSPS) is 22.4. The van der Waals surface area contributed by atoms with Crippen molar-refractivity contribution in [3.8, 4) is 5.88 Å². The number of carbonyl (C=O) groups excluding carboxylic acids is 2. The van der Waals surface area contributed by atoms with Crippen LogP contribution in [0.25, 0.3) is 0 Å². The first-order valence-corrected chi connectivity index (χ1v) is 12.9. The van der Waals surface area contributed by atoms with Gasteiger partial charge < -0.3 is 24.4 Å². The van der Waals surface area contributed by atoms with Gasteiger partial charge in [-0.1, -0.05) is 0 Å². The molecule has 0 saturated carbocycles. The molecule has 0 aliphatic carbocycles. The van der Waals surface area contributed by atoms with Gasteiger partial charge in [0.25, 0.3) is 5.91 Å². The number of aromatic nitrogens is 3. The second-order valence-electron chi connectivity index (χ2n) is 10.3. The van der Waals surface area contributed by atoms with E-state index in [1.807, 2.05) is 24.1 Å². The summed E-state index contributed by atoms with van der Waals surface area (Å²) >= 11 is 0. The number of hydrogen-bond acceptors (Lipinski definition) is 9. The first kappa shape index (κ1) is 27.8. The SMILES string of the molecule is C[C@@H](NC(=O)c1ccc2c(n1)N(C(=O)Nc1cnc(OC[C@H]3COC(C)(C)O3)cn1)[C@H]1CCCN2C1)C(F)(F)F. The maximum Gasteiger partial charge on any atom is 0.408 e. The van der Waals surface area contributed by atoms with E-state index in [1.54, 1.807) is 6.07 Å². The number of rotatable bonds is 6. The predicted octanol–water partition coefficient (Wildman–Crippen LogP) is 3.10. The minimum atomic E-state index is -4.60. The molecule has 12 nitrogen and oxygen atoms in total. The van der Waals surface area contributed by atoms with Crippen LogP contribution in [0.15, 0.2) is 24.5 Å². The van der Waals surface area contributed by atoms with Crippen LogP contribution < -0.4 is 25.2 Å². The first-order chi connectivity index (χ1) is 18.9. The Hall–Kier alpha value is -3.72. The number of piperidine rings is 1. The van der Waals surface area contributed by atoms with E-state index in [0.717, 1.165) is 19.9 Å². The molecule has 5 heterocycles. The monoisotopic (exact) mass is 565 g/mol. The number of amides is 3. The Balaban J connectivity index is 1.29. The Morgan fingerprint density at radius 1 is 1.25 bits per heavy atom. The summed E-state index contributed by atoms with van der Waals surface area (Å²) in [6.07, 6.45) is -0.618. The number of urea groups is 1. The van der Waals surface area contributed by atoms with Crippen molar-refractivity contribution in [3.05, 3.63) is 30.2 Å². The van der Waals surface area contributed by atoms with Crippen molar-refractivity contribution < 1.29 is 37.0 Å². The van der Waals surface area contributed by atoms with Crippen molar-refractivity contribution in [1.29, 1.82) is 0 Å². The molecular weight excluding hydrogens is 535 g/mol. The van der Waals surface area contributed by atoms with E-state index in [0.29, 0.717) is 25.3 Å². The Bertz CT molecular complexity index is 1260. The standard InChI is InChI=1S/C25H30F3N7O5/c1-14(25(26,27)28)31-22(36)17-6-7-18-21(32-17)35(15-5-4-8-34(18)11-15)23(37)33-19-9-30-20(10-29-19)38-12-16-13-39-24(2,3)40-16/h6-7,9-10,14-16H,4-5,8,11-13H2,1-3H3,(H,31,36)(H,29,33,37)/t14-,15+,16+/m1/s1. The van der Waals surface area contributed by atoms with Gasteiger partial charge in [0.2, 0.25) is 5.88 Å². The van der Waals surface area contributed by atoms with Crippen molar-refractivity contribution in [3.63, 3.8) is 0 Å². The molecule has 2 aromatic rings. The number of fused-ring (bicyclic) bond motifs is 4. The highest BCUT2D eigenvalue weighted by Crippen LogP contribution is 2.38. The third-order valence-electron chi connectivity index (χ3n) is 6.82. The average Bonchev–Trinajstić information content (AvgIpc) is 3.26. The molecule has 0 spiro atoms. The molecule has 2 saturated heterocycles. The van der Waals surface area contributed by atoms with Gasteiger partial charge in [0.15, 0.2) is 17.4 Å². The predicted molar refractivity (Wildman–Crippen MR) is 136 cm³/mol. The molecule has 216 valence electrons. The second-order valence-corrected chi connectivity index (χ2v) is 10.3. The summed E-state index contributed by atoms with van der Waals surface area (Å²) in [5.74, 6) is -1.07. The van der Waals surface area contributed by atoms with Crippen LogP contribution in [0.2, 0.25) is 0 Å².